The van der Waals surface area contributed by atoms with Crippen LogP contribution in [0.15, 0.2) is 30.5 Å². The van der Waals surface area contributed by atoms with Gasteiger partial charge in [0.15, 0.2) is 0 Å². The van der Waals surface area contributed by atoms with Crippen LogP contribution >= 0.6 is 0 Å². The smallest absolute Gasteiger partial charge is 0.252 e. The van der Waals surface area contributed by atoms with Crippen molar-refractivity contribution in [1.29, 1.82) is 0 Å². The molecule has 2 aromatic rings. The number of fused-ring (bicyclic) bond motifs is 1. The molecule has 0 unspecified atom stereocenters. The van der Waals surface area contributed by atoms with Crippen LogP contribution in [-0.4, -0.2) is 66.1 Å². The van der Waals surface area contributed by atoms with Gasteiger partial charge in [-0.3, -0.25) is 4.79 Å². The van der Waals surface area contributed by atoms with Crippen molar-refractivity contribution in [3.05, 3.63) is 47.3 Å². The van der Waals surface area contributed by atoms with E-state index in [1.165, 1.54) is 43.6 Å². The summed E-state index contributed by atoms with van der Waals surface area (Å²) in [6.45, 7) is 4.32. The quantitative estimate of drug-likeness (QED) is 0.712. The number of piperidine rings is 2. The molecule has 4 aliphatic rings. The summed E-state index contributed by atoms with van der Waals surface area (Å²) in [7, 11) is 1.64. The largest absolute Gasteiger partial charge is 0.474 e. The van der Waals surface area contributed by atoms with Crippen LogP contribution in [0.5, 0.6) is 5.88 Å². The molecule has 6 rings (SSSR count). The maximum Gasteiger partial charge on any atom is 0.252 e. The third-order valence-corrected chi connectivity index (χ3v) is 8.89. The van der Waals surface area contributed by atoms with Gasteiger partial charge in [0.1, 0.15) is 11.9 Å². The fourth-order valence-electron chi connectivity index (χ4n) is 6.41. The van der Waals surface area contributed by atoms with Gasteiger partial charge in [0.05, 0.1) is 5.56 Å². The first-order valence-corrected chi connectivity index (χ1v) is 13.4. The minimum Gasteiger partial charge on any atom is -0.474 e. The number of nitrogens with one attached hydrogen (secondary N) is 1. The molecule has 7 heteroatoms. The van der Waals surface area contributed by atoms with Gasteiger partial charge in [-0.2, -0.15) is 0 Å². The Morgan fingerprint density at radius 2 is 1.83 bits per heavy atom. The Morgan fingerprint density at radius 1 is 1.03 bits per heavy atom. The lowest BCUT2D eigenvalue weighted by Crippen LogP contribution is -2.46. The summed E-state index contributed by atoms with van der Waals surface area (Å²) in [6.07, 6.45) is 12.8. The Kier molecular flexibility index (Phi) is 6.13. The number of likely N-dealkylation sites (tertiary alicyclic amines) is 1. The molecular formula is C28H37N5O2. The number of hydrogen-bond acceptors (Lipinski definition) is 6. The van der Waals surface area contributed by atoms with E-state index in [-0.39, 0.29) is 5.91 Å². The lowest BCUT2D eigenvalue weighted by molar-refractivity contribution is 0.0474. The molecule has 3 fully saturated rings. The van der Waals surface area contributed by atoms with Crippen molar-refractivity contribution in [3.8, 4) is 5.88 Å². The highest BCUT2D eigenvalue weighted by Gasteiger charge is 2.41. The second-order valence-electron chi connectivity index (χ2n) is 11.0. The number of aromatic nitrogens is 2. The van der Waals surface area contributed by atoms with Crippen LogP contribution < -0.4 is 15.0 Å². The summed E-state index contributed by atoms with van der Waals surface area (Å²) in [6, 6.07) is 9.03. The molecule has 0 bridgehead atoms. The summed E-state index contributed by atoms with van der Waals surface area (Å²) in [4.78, 5) is 26.3. The average Bonchev–Trinajstić information content (AvgIpc) is 3.21. The Labute approximate surface area is 208 Å². The fourth-order valence-corrected chi connectivity index (χ4v) is 6.41. The van der Waals surface area contributed by atoms with E-state index >= 15 is 0 Å². The predicted molar refractivity (Wildman–Crippen MR) is 136 cm³/mol. The van der Waals surface area contributed by atoms with Gasteiger partial charge in [-0.1, -0.05) is 12.5 Å². The summed E-state index contributed by atoms with van der Waals surface area (Å²) in [5, 5.41) is 2.65. The molecule has 2 aromatic heterocycles. The Balaban J connectivity index is 1.03. The van der Waals surface area contributed by atoms with E-state index in [0.29, 0.717) is 17.1 Å². The van der Waals surface area contributed by atoms with Gasteiger partial charge in [-0.15, -0.1) is 0 Å². The Morgan fingerprint density at radius 3 is 2.49 bits per heavy atom. The van der Waals surface area contributed by atoms with Crippen molar-refractivity contribution in [2.45, 2.75) is 69.9 Å². The van der Waals surface area contributed by atoms with E-state index in [9.17, 15) is 4.79 Å². The molecule has 4 heterocycles. The molecule has 2 aliphatic heterocycles. The highest BCUT2D eigenvalue weighted by Crippen LogP contribution is 2.45. The first kappa shape index (κ1) is 22.8. The third-order valence-electron chi connectivity index (χ3n) is 8.89. The fraction of sp³-hybridized carbons (Fsp3) is 0.607. The van der Waals surface area contributed by atoms with Crippen molar-refractivity contribution in [2.24, 2.45) is 5.41 Å². The number of hydrogen-bond donors (Lipinski definition) is 1. The highest BCUT2D eigenvalue weighted by atomic mass is 16.5. The molecule has 2 aliphatic carbocycles. The van der Waals surface area contributed by atoms with E-state index in [4.69, 9.17) is 9.72 Å². The predicted octanol–water partition coefficient (Wildman–Crippen LogP) is 3.62. The molecule has 35 heavy (non-hydrogen) atoms. The number of nitrogens with zero attached hydrogens (tertiary/aromatic N) is 4. The third kappa shape index (κ3) is 4.63. The van der Waals surface area contributed by atoms with E-state index in [2.05, 4.69) is 32.2 Å². The number of pyridine rings is 2. The zero-order valence-corrected chi connectivity index (χ0v) is 20.8. The van der Waals surface area contributed by atoms with Crippen molar-refractivity contribution in [3.63, 3.8) is 0 Å². The average molecular weight is 476 g/mol. The van der Waals surface area contributed by atoms with E-state index in [1.54, 1.807) is 13.2 Å². The SMILES string of the molecule is CNC(=O)c1ccc(N2CCC3(CC2)Cc2ccc(OC4CCN(C5CCC5)CC4)nc2C3)nc1. The molecule has 0 atom stereocenters. The maximum atomic E-state index is 11.8. The zero-order valence-electron chi connectivity index (χ0n) is 20.8. The molecule has 1 amide bonds. The van der Waals surface area contributed by atoms with Crippen molar-refractivity contribution in [1.82, 2.24) is 20.2 Å². The lowest BCUT2D eigenvalue weighted by Gasteiger charge is -2.41. The van der Waals surface area contributed by atoms with Gasteiger partial charge < -0.3 is 19.9 Å². The molecule has 0 radical (unpaired) electrons. The molecule has 1 saturated carbocycles. The molecular weight excluding hydrogens is 438 g/mol. The number of ether oxygens (including phenoxy) is 1. The second kappa shape index (κ2) is 9.41. The standard InChI is InChI=1S/C28H37N5O2/c1-29-27(34)21-5-7-25(30-19-21)33-15-11-28(12-16-33)17-20-6-8-26(31-24(20)18-28)35-23-9-13-32(14-10-23)22-3-2-4-22/h5-8,19,22-23H,2-4,9-18H2,1H3,(H,29,34). The van der Waals surface area contributed by atoms with Crippen LogP contribution in [0, 0.1) is 5.41 Å². The molecule has 7 nitrogen and oxygen atoms in total. The number of carbonyl (C=O) groups excluding carboxylic acids is 1. The van der Waals surface area contributed by atoms with Crippen molar-refractivity contribution >= 4 is 11.7 Å². The summed E-state index contributed by atoms with van der Waals surface area (Å²) >= 11 is 0. The van der Waals surface area contributed by atoms with Crippen molar-refractivity contribution < 1.29 is 9.53 Å². The molecule has 2 saturated heterocycles. The van der Waals surface area contributed by atoms with Gasteiger partial charge >= 0.3 is 0 Å². The minimum atomic E-state index is -0.0969. The highest BCUT2D eigenvalue weighted by molar-refractivity contribution is 5.93. The summed E-state index contributed by atoms with van der Waals surface area (Å²) in [5.41, 5.74) is 3.55. The van der Waals surface area contributed by atoms with Gasteiger partial charge in [-0.05, 0) is 74.5 Å². The minimum absolute atomic E-state index is 0.0969. The topological polar surface area (TPSA) is 70.6 Å². The van der Waals surface area contributed by atoms with Gasteiger partial charge in [0.25, 0.3) is 5.91 Å². The molecule has 186 valence electrons. The van der Waals surface area contributed by atoms with Crippen LogP contribution in [-0.2, 0) is 12.8 Å². The number of rotatable bonds is 5. The molecule has 0 aromatic carbocycles. The second-order valence-corrected chi connectivity index (χ2v) is 11.0. The van der Waals surface area contributed by atoms with Crippen LogP contribution in [0.3, 0.4) is 0 Å². The first-order chi connectivity index (χ1) is 17.1. The normalized spacial score (nSPS) is 22.6. The monoisotopic (exact) mass is 475 g/mol. The molecule has 1 N–H and O–H groups in total. The lowest BCUT2D eigenvalue weighted by atomic mass is 9.76. The summed E-state index contributed by atoms with van der Waals surface area (Å²) < 4.78 is 6.36. The van der Waals surface area contributed by atoms with Gasteiger partial charge in [-0.25, -0.2) is 9.97 Å². The van der Waals surface area contributed by atoms with E-state index in [0.717, 1.165) is 69.4 Å². The van der Waals surface area contributed by atoms with Crippen LogP contribution in [0.1, 0.15) is 66.6 Å². The maximum absolute atomic E-state index is 11.8. The Bertz CT molecular complexity index is 1050. The Hall–Kier alpha value is -2.67. The zero-order chi connectivity index (χ0) is 23.8. The van der Waals surface area contributed by atoms with E-state index < -0.39 is 0 Å². The van der Waals surface area contributed by atoms with Crippen molar-refractivity contribution in [2.75, 3.05) is 38.1 Å². The number of carbonyl (C=O) groups is 1. The van der Waals surface area contributed by atoms with Crippen LogP contribution in [0.4, 0.5) is 5.82 Å². The van der Waals surface area contributed by atoms with E-state index in [1.807, 2.05) is 12.1 Å². The number of anilines is 1. The van der Waals surface area contributed by atoms with Crippen LogP contribution in [0.2, 0.25) is 0 Å². The van der Waals surface area contributed by atoms with Crippen LogP contribution in [0.25, 0.3) is 0 Å². The number of amides is 1. The summed E-state index contributed by atoms with van der Waals surface area (Å²) in [5.74, 6) is 1.68. The van der Waals surface area contributed by atoms with Gasteiger partial charge in [0, 0.05) is 57.2 Å². The van der Waals surface area contributed by atoms with Gasteiger partial charge in [0.2, 0.25) is 5.88 Å². The first-order valence-electron chi connectivity index (χ1n) is 13.4. The molecule has 1 spiro atoms.